The summed E-state index contributed by atoms with van der Waals surface area (Å²) in [6, 6.07) is 12.8. The number of carbonyl (C=O) groups is 1. The summed E-state index contributed by atoms with van der Waals surface area (Å²) in [4.78, 5) is 14.6. The van der Waals surface area contributed by atoms with Gasteiger partial charge >= 0.3 is 0 Å². The third-order valence-corrected chi connectivity index (χ3v) is 5.11. The first-order valence-electron chi connectivity index (χ1n) is 8.83. The molecule has 24 heavy (non-hydrogen) atoms. The number of benzene rings is 2. The molecule has 3 heteroatoms. The summed E-state index contributed by atoms with van der Waals surface area (Å²) in [6.45, 7) is 6.17. The summed E-state index contributed by atoms with van der Waals surface area (Å²) in [7, 11) is 0. The van der Waals surface area contributed by atoms with Gasteiger partial charge in [-0.05, 0) is 49.4 Å². The molecule has 0 atom stereocenters. The fourth-order valence-electron chi connectivity index (χ4n) is 3.96. The summed E-state index contributed by atoms with van der Waals surface area (Å²) < 4.78 is 0. The average Bonchev–Trinajstić information content (AvgIpc) is 3.08. The van der Waals surface area contributed by atoms with Crippen LogP contribution in [0, 0.1) is 0 Å². The molecule has 2 aromatic carbocycles. The molecule has 0 bridgehead atoms. The normalized spacial score (nSPS) is 20.9. The van der Waals surface area contributed by atoms with Crippen molar-refractivity contribution >= 4 is 22.4 Å². The summed E-state index contributed by atoms with van der Waals surface area (Å²) in [5.74, 6) is 0.131. The van der Waals surface area contributed by atoms with E-state index in [4.69, 9.17) is 0 Å². The minimum Gasteiger partial charge on any atom is -0.379 e. The van der Waals surface area contributed by atoms with E-state index in [9.17, 15) is 4.79 Å². The van der Waals surface area contributed by atoms with Crippen molar-refractivity contribution in [3.8, 4) is 0 Å². The molecule has 0 spiro atoms. The molecule has 3 nitrogen and oxygen atoms in total. The van der Waals surface area contributed by atoms with Gasteiger partial charge in [0.25, 0.3) is 0 Å². The first-order valence-corrected chi connectivity index (χ1v) is 8.83. The van der Waals surface area contributed by atoms with Crippen molar-refractivity contribution in [2.45, 2.75) is 38.6 Å². The molecule has 1 fully saturated rings. The molecule has 2 heterocycles. The number of fused-ring (bicyclic) bond motifs is 3. The molecule has 1 saturated heterocycles. The van der Waals surface area contributed by atoms with Crippen LogP contribution in [0.4, 0.5) is 0 Å². The zero-order valence-corrected chi connectivity index (χ0v) is 14.4. The van der Waals surface area contributed by atoms with Crippen LogP contribution in [-0.4, -0.2) is 29.4 Å². The second-order valence-electron chi connectivity index (χ2n) is 7.59. The second kappa shape index (κ2) is 5.66. The van der Waals surface area contributed by atoms with E-state index < -0.39 is 0 Å². The van der Waals surface area contributed by atoms with E-state index in [1.54, 1.807) is 6.08 Å². The van der Waals surface area contributed by atoms with Crippen molar-refractivity contribution < 1.29 is 4.79 Å². The largest absolute Gasteiger partial charge is 0.379 e. The average molecular weight is 320 g/mol. The third-order valence-electron chi connectivity index (χ3n) is 5.11. The number of hydrogen-bond acceptors (Lipinski definition) is 2. The van der Waals surface area contributed by atoms with E-state index in [1.807, 2.05) is 4.90 Å². The van der Waals surface area contributed by atoms with Crippen molar-refractivity contribution in [2.24, 2.45) is 0 Å². The first kappa shape index (κ1) is 15.3. The monoisotopic (exact) mass is 320 g/mol. The smallest absolute Gasteiger partial charge is 0.248 e. The fraction of sp³-hybridized carbons (Fsp3) is 0.381. The summed E-state index contributed by atoms with van der Waals surface area (Å²) in [5, 5.41) is 6.14. The molecule has 0 radical (unpaired) electrons. The van der Waals surface area contributed by atoms with Gasteiger partial charge in [0, 0.05) is 36.0 Å². The molecule has 0 saturated carbocycles. The Morgan fingerprint density at radius 3 is 2.67 bits per heavy atom. The summed E-state index contributed by atoms with van der Waals surface area (Å²) in [6.07, 6.45) is 5.00. The molecule has 124 valence electrons. The molecule has 4 rings (SSSR count). The van der Waals surface area contributed by atoms with Gasteiger partial charge in [0.05, 0.1) is 0 Å². The lowest BCUT2D eigenvalue weighted by molar-refractivity contribution is -0.124. The Labute approximate surface area is 143 Å². The van der Waals surface area contributed by atoms with Crippen LogP contribution in [0.1, 0.15) is 37.8 Å². The Bertz CT molecular complexity index is 829. The van der Waals surface area contributed by atoms with Crippen molar-refractivity contribution in [1.29, 1.82) is 0 Å². The Morgan fingerprint density at radius 2 is 1.88 bits per heavy atom. The zero-order valence-electron chi connectivity index (χ0n) is 14.4. The highest BCUT2D eigenvalue weighted by Gasteiger charge is 2.29. The van der Waals surface area contributed by atoms with Crippen molar-refractivity contribution in [3.63, 3.8) is 0 Å². The minimum absolute atomic E-state index is 0.0613. The third kappa shape index (κ3) is 2.68. The van der Waals surface area contributed by atoms with Crippen LogP contribution in [0.5, 0.6) is 0 Å². The highest BCUT2D eigenvalue weighted by Crippen LogP contribution is 2.34. The van der Waals surface area contributed by atoms with Crippen molar-refractivity contribution in [1.82, 2.24) is 10.2 Å². The number of nitrogens with zero attached hydrogens (tertiary/aromatic N) is 1. The Balaban J connectivity index is 1.82. The number of amides is 1. The molecule has 2 aromatic rings. The van der Waals surface area contributed by atoms with Crippen LogP contribution in [0.25, 0.3) is 16.5 Å². The maximum Gasteiger partial charge on any atom is 0.248 e. The lowest BCUT2D eigenvalue weighted by atomic mass is 9.83. The number of rotatable bonds is 1. The van der Waals surface area contributed by atoms with Crippen molar-refractivity contribution in [3.05, 3.63) is 53.6 Å². The molecular weight excluding hydrogens is 296 g/mol. The number of carbonyl (C=O) groups excluding carboxylic acids is 1. The maximum absolute atomic E-state index is 12.6. The molecule has 2 aliphatic heterocycles. The van der Waals surface area contributed by atoms with Crippen molar-refractivity contribution in [2.75, 3.05) is 13.1 Å². The van der Waals surface area contributed by atoms with Gasteiger partial charge in [-0.1, -0.05) is 36.4 Å². The van der Waals surface area contributed by atoms with Crippen LogP contribution in [0.2, 0.25) is 0 Å². The highest BCUT2D eigenvalue weighted by molar-refractivity contribution is 5.98. The number of nitrogens with one attached hydrogen (secondary N) is 1. The van der Waals surface area contributed by atoms with Crippen LogP contribution < -0.4 is 5.32 Å². The topological polar surface area (TPSA) is 32.3 Å². The Hall–Kier alpha value is -2.29. The SMILES string of the molecule is CC1(C)Cc2c(ccc3ccccc23)C(=CC(=O)N2CCCC2)N1. The lowest BCUT2D eigenvalue weighted by Gasteiger charge is -2.36. The number of likely N-dealkylation sites (tertiary alicyclic amines) is 1. The Morgan fingerprint density at radius 1 is 1.12 bits per heavy atom. The van der Waals surface area contributed by atoms with E-state index in [0.29, 0.717) is 0 Å². The molecule has 0 aliphatic carbocycles. The van der Waals surface area contributed by atoms with E-state index in [2.05, 4.69) is 55.6 Å². The molecular formula is C21H24N2O. The van der Waals surface area contributed by atoms with Crippen LogP contribution in [-0.2, 0) is 11.2 Å². The first-order chi connectivity index (χ1) is 11.5. The van der Waals surface area contributed by atoms with Gasteiger partial charge in [-0.15, -0.1) is 0 Å². The predicted molar refractivity (Wildman–Crippen MR) is 98.7 cm³/mol. The van der Waals surface area contributed by atoms with E-state index >= 15 is 0 Å². The molecule has 1 N–H and O–H groups in total. The quantitative estimate of drug-likeness (QED) is 0.812. The highest BCUT2D eigenvalue weighted by atomic mass is 16.2. The fourth-order valence-corrected chi connectivity index (χ4v) is 3.96. The van der Waals surface area contributed by atoms with Gasteiger partial charge in [0.2, 0.25) is 5.91 Å². The molecule has 0 aromatic heterocycles. The van der Waals surface area contributed by atoms with E-state index in [1.165, 1.54) is 21.9 Å². The molecule has 1 amide bonds. The molecule has 2 aliphatic rings. The van der Waals surface area contributed by atoms with Gasteiger partial charge in [-0.25, -0.2) is 0 Å². The Kier molecular flexibility index (Phi) is 3.60. The van der Waals surface area contributed by atoms with Crippen LogP contribution in [0.15, 0.2) is 42.5 Å². The zero-order chi connectivity index (χ0) is 16.7. The van der Waals surface area contributed by atoms with Crippen LogP contribution >= 0.6 is 0 Å². The van der Waals surface area contributed by atoms with Gasteiger partial charge in [0.15, 0.2) is 0 Å². The predicted octanol–water partition coefficient (Wildman–Crippen LogP) is 3.73. The minimum atomic E-state index is -0.0613. The number of hydrogen-bond donors (Lipinski definition) is 1. The van der Waals surface area contributed by atoms with Gasteiger partial charge < -0.3 is 10.2 Å². The summed E-state index contributed by atoms with van der Waals surface area (Å²) >= 11 is 0. The second-order valence-corrected chi connectivity index (χ2v) is 7.59. The van der Waals surface area contributed by atoms with Gasteiger partial charge in [-0.3, -0.25) is 4.79 Å². The summed E-state index contributed by atoms with van der Waals surface area (Å²) in [5.41, 5.74) is 3.41. The standard InChI is InChI=1S/C21H24N2O/c1-21(2)14-18-16-8-4-3-7-15(16)9-10-17(18)19(22-21)13-20(24)23-11-5-6-12-23/h3-4,7-10,13,22H,5-6,11-12,14H2,1-2H3. The van der Waals surface area contributed by atoms with Crippen LogP contribution in [0.3, 0.4) is 0 Å². The van der Waals surface area contributed by atoms with E-state index in [0.717, 1.165) is 38.0 Å². The maximum atomic E-state index is 12.6. The van der Waals surface area contributed by atoms with Gasteiger partial charge in [-0.2, -0.15) is 0 Å². The lowest BCUT2D eigenvalue weighted by Crippen LogP contribution is -2.44. The van der Waals surface area contributed by atoms with E-state index in [-0.39, 0.29) is 11.4 Å². The molecule has 0 unspecified atom stereocenters. The van der Waals surface area contributed by atoms with Gasteiger partial charge in [0.1, 0.15) is 0 Å².